The Balaban J connectivity index is 3.07. The van der Waals surface area contributed by atoms with E-state index in [0.717, 1.165) is 0 Å². The highest BCUT2D eigenvalue weighted by molar-refractivity contribution is 6.05. The maximum Gasteiger partial charge on any atom is 0.441 e. The zero-order chi connectivity index (χ0) is 17.3. The topological polar surface area (TPSA) is 40.0 Å². The Morgan fingerprint density at radius 2 is 1.70 bits per heavy atom. The van der Waals surface area contributed by atoms with Crippen molar-refractivity contribution in [2.75, 3.05) is 20.3 Å². The van der Waals surface area contributed by atoms with E-state index in [1.54, 1.807) is 13.8 Å². The Morgan fingerprint density at radius 3 is 2.13 bits per heavy atom. The minimum atomic E-state index is -4.67. The molecule has 0 heterocycles. The second kappa shape index (κ2) is 9.18. The molecular weight excluding hydrogens is 311 g/mol. The van der Waals surface area contributed by atoms with Crippen LogP contribution in [0.3, 0.4) is 0 Å². The summed E-state index contributed by atoms with van der Waals surface area (Å²) in [5, 5.41) is 0. The van der Waals surface area contributed by atoms with Gasteiger partial charge in [0.1, 0.15) is 5.75 Å². The normalized spacial score (nSPS) is 12.0. The van der Waals surface area contributed by atoms with Gasteiger partial charge in [-0.15, -0.1) is 0 Å². The monoisotopic (exact) mass is 329 g/mol. The first kappa shape index (κ1) is 19.0. The van der Waals surface area contributed by atoms with Gasteiger partial charge in [-0.05, 0) is 50.0 Å². The molecule has 0 amide bonds. The summed E-state index contributed by atoms with van der Waals surface area (Å²) >= 11 is 0. The molecule has 0 aliphatic heterocycles. The van der Waals surface area contributed by atoms with Gasteiger partial charge in [0.15, 0.2) is 5.71 Å². The number of ether oxygens (including phenoxy) is 3. The Labute approximate surface area is 133 Å². The summed E-state index contributed by atoms with van der Waals surface area (Å²) in [5.74, 6) is 4.83. The minimum Gasteiger partial charge on any atom is -0.497 e. The second-order valence-corrected chi connectivity index (χ2v) is 4.17. The Hall–Kier alpha value is -2.04. The molecule has 0 radical (unpaired) electrons. The van der Waals surface area contributed by atoms with Crippen molar-refractivity contribution in [2.45, 2.75) is 26.3 Å². The van der Waals surface area contributed by atoms with Crippen molar-refractivity contribution in [3.63, 3.8) is 0 Å². The van der Waals surface area contributed by atoms with Crippen molar-refractivity contribution in [1.82, 2.24) is 0 Å². The molecular formula is C16H18F3NO3. The Morgan fingerprint density at radius 1 is 1.13 bits per heavy atom. The summed E-state index contributed by atoms with van der Waals surface area (Å²) < 4.78 is 54.2. The molecule has 0 bridgehead atoms. The number of halogens is 3. The van der Waals surface area contributed by atoms with E-state index >= 15 is 0 Å². The molecule has 126 valence electrons. The molecule has 23 heavy (non-hydrogen) atoms. The average Bonchev–Trinajstić information content (AvgIpc) is 2.51. The molecule has 0 saturated carbocycles. The molecule has 0 aliphatic carbocycles. The van der Waals surface area contributed by atoms with E-state index in [4.69, 9.17) is 14.2 Å². The lowest BCUT2D eigenvalue weighted by molar-refractivity contribution is -0.0970. The van der Waals surface area contributed by atoms with Crippen molar-refractivity contribution in [3.8, 4) is 17.6 Å². The van der Waals surface area contributed by atoms with E-state index in [0.29, 0.717) is 5.75 Å². The Kier molecular flexibility index (Phi) is 7.59. The fourth-order valence-corrected chi connectivity index (χ4v) is 1.51. The molecule has 0 aliphatic rings. The van der Waals surface area contributed by atoms with Crippen LogP contribution in [0.5, 0.6) is 5.75 Å². The highest BCUT2D eigenvalue weighted by Crippen LogP contribution is 2.23. The van der Waals surface area contributed by atoms with E-state index in [-0.39, 0.29) is 18.9 Å². The molecule has 1 aromatic carbocycles. The van der Waals surface area contributed by atoms with Gasteiger partial charge in [0.25, 0.3) is 0 Å². The zero-order valence-corrected chi connectivity index (χ0v) is 13.1. The van der Waals surface area contributed by atoms with Crippen molar-refractivity contribution in [2.24, 2.45) is 4.99 Å². The number of hydrogen-bond donors (Lipinski definition) is 0. The predicted octanol–water partition coefficient (Wildman–Crippen LogP) is 3.73. The maximum atomic E-state index is 13.0. The summed E-state index contributed by atoms with van der Waals surface area (Å²) in [5.41, 5.74) is -1.09. The second-order valence-electron chi connectivity index (χ2n) is 4.17. The van der Waals surface area contributed by atoms with Crippen LogP contribution in [0.1, 0.15) is 13.8 Å². The van der Waals surface area contributed by atoms with Crippen molar-refractivity contribution in [1.29, 1.82) is 0 Å². The van der Waals surface area contributed by atoms with E-state index in [1.807, 2.05) is 5.92 Å². The van der Waals surface area contributed by atoms with Crippen LogP contribution in [0, 0.1) is 11.8 Å². The average molecular weight is 329 g/mol. The van der Waals surface area contributed by atoms with Gasteiger partial charge in [-0.25, -0.2) is 4.99 Å². The first-order chi connectivity index (χ1) is 10.9. The number of alkyl halides is 3. The minimum absolute atomic E-state index is 0.122. The first-order valence-corrected chi connectivity index (χ1v) is 6.95. The highest BCUT2D eigenvalue weighted by atomic mass is 19.4. The molecule has 0 unspecified atom stereocenters. The number of aliphatic imine (C=N–C) groups is 1. The number of benzene rings is 1. The standard InChI is InChI=1S/C16H18F3NO3/c1-4-22-15(23-5-2)11-10-14(16(17,18)19)20-12-6-8-13(21-3)9-7-12/h6-9,15H,4-5H2,1-3H3. The van der Waals surface area contributed by atoms with Crippen molar-refractivity contribution < 1.29 is 27.4 Å². The summed E-state index contributed by atoms with van der Waals surface area (Å²) in [7, 11) is 1.46. The highest BCUT2D eigenvalue weighted by Gasteiger charge is 2.35. The number of nitrogens with zero attached hydrogens (tertiary/aromatic N) is 1. The quantitative estimate of drug-likeness (QED) is 0.453. The number of hydrogen-bond acceptors (Lipinski definition) is 4. The van der Waals surface area contributed by atoms with Crippen LogP contribution in [0.25, 0.3) is 0 Å². The van der Waals surface area contributed by atoms with Crippen LogP contribution in [-0.2, 0) is 9.47 Å². The third-order valence-corrected chi connectivity index (χ3v) is 2.53. The molecule has 4 nitrogen and oxygen atoms in total. The summed E-state index contributed by atoms with van der Waals surface area (Å²) in [6.45, 7) is 3.94. The van der Waals surface area contributed by atoms with Crippen LogP contribution in [-0.4, -0.2) is 38.5 Å². The molecule has 0 spiro atoms. The van der Waals surface area contributed by atoms with Crippen molar-refractivity contribution in [3.05, 3.63) is 24.3 Å². The van der Waals surface area contributed by atoms with Gasteiger partial charge >= 0.3 is 6.18 Å². The molecule has 0 fully saturated rings. The number of rotatable bonds is 6. The molecule has 0 N–H and O–H groups in total. The fraction of sp³-hybridized carbons (Fsp3) is 0.438. The maximum absolute atomic E-state index is 13.0. The molecule has 7 heteroatoms. The zero-order valence-electron chi connectivity index (χ0n) is 13.1. The lowest BCUT2D eigenvalue weighted by atomic mass is 10.3. The fourth-order valence-electron chi connectivity index (χ4n) is 1.51. The van der Waals surface area contributed by atoms with Gasteiger partial charge in [-0.2, -0.15) is 13.2 Å². The van der Waals surface area contributed by atoms with Gasteiger partial charge in [-0.3, -0.25) is 0 Å². The van der Waals surface area contributed by atoms with E-state index < -0.39 is 18.2 Å². The first-order valence-electron chi connectivity index (χ1n) is 6.95. The van der Waals surface area contributed by atoms with E-state index in [9.17, 15) is 13.2 Å². The lowest BCUT2D eigenvalue weighted by Crippen LogP contribution is -2.22. The van der Waals surface area contributed by atoms with Gasteiger partial charge in [-0.1, -0.05) is 0 Å². The summed E-state index contributed by atoms with van der Waals surface area (Å²) in [6, 6.07) is 5.86. The molecule has 1 rings (SSSR count). The van der Waals surface area contributed by atoms with Crippen LogP contribution < -0.4 is 4.74 Å². The molecule has 1 aromatic rings. The smallest absolute Gasteiger partial charge is 0.441 e. The van der Waals surface area contributed by atoms with Gasteiger partial charge in [0.05, 0.1) is 12.8 Å². The molecule has 0 saturated heterocycles. The van der Waals surface area contributed by atoms with E-state index in [2.05, 4.69) is 10.9 Å². The third-order valence-electron chi connectivity index (χ3n) is 2.53. The van der Waals surface area contributed by atoms with Crippen molar-refractivity contribution >= 4 is 11.4 Å². The van der Waals surface area contributed by atoms with Gasteiger partial charge < -0.3 is 14.2 Å². The van der Waals surface area contributed by atoms with Crippen LogP contribution in [0.2, 0.25) is 0 Å². The van der Waals surface area contributed by atoms with Crippen LogP contribution in [0.15, 0.2) is 29.3 Å². The van der Waals surface area contributed by atoms with Crippen LogP contribution in [0.4, 0.5) is 18.9 Å². The number of methoxy groups -OCH3 is 1. The third kappa shape index (κ3) is 6.72. The molecule has 0 aromatic heterocycles. The van der Waals surface area contributed by atoms with Gasteiger partial charge in [0.2, 0.25) is 6.29 Å². The van der Waals surface area contributed by atoms with E-state index in [1.165, 1.54) is 31.4 Å². The largest absolute Gasteiger partial charge is 0.497 e. The molecule has 0 atom stereocenters. The lowest BCUT2D eigenvalue weighted by Gasteiger charge is -2.10. The van der Waals surface area contributed by atoms with Crippen LogP contribution >= 0.6 is 0 Å². The summed E-state index contributed by atoms with van der Waals surface area (Å²) in [6.07, 6.45) is -5.69. The SMILES string of the molecule is CCOC(C#CC(=Nc1ccc(OC)cc1)C(F)(F)F)OCC. The summed E-state index contributed by atoms with van der Waals surface area (Å²) in [4.78, 5) is 3.55. The van der Waals surface area contributed by atoms with Gasteiger partial charge in [0, 0.05) is 13.2 Å². The Bertz CT molecular complexity index is 565. The predicted molar refractivity (Wildman–Crippen MR) is 81.0 cm³/mol.